The predicted octanol–water partition coefficient (Wildman–Crippen LogP) is 3.38. The lowest BCUT2D eigenvalue weighted by molar-refractivity contribution is 0.0925. The lowest BCUT2D eigenvalue weighted by Gasteiger charge is -2.08. The molecule has 5 heteroatoms. The van der Waals surface area contributed by atoms with Crippen LogP contribution in [0.25, 0.3) is 0 Å². The SMILES string of the molecule is CC(C)COCCCNC(=O)c1ccc(F)c(Br)c1. The van der Waals surface area contributed by atoms with E-state index in [2.05, 4.69) is 35.1 Å². The number of hydrogen-bond donors (Lipinski definition) is 1. The fourth-order valence-corrected chi connectivity index (χ4v) is 1.81. The Hall–Kier alpha value is -0.940. The molecule has 0 fully saturated rings. The molecule has 1 aromatic carbocycles. The van der Waals surface area contributed by atoms with E-state index >= 15 is 0 Å². The van der Waals surface area contributed by atoms with Gasteiger partial charge in [-0.1, -0.05) is 13.8 Å². The summed E-state index contributed by atoms with van der Waals surface area (Å²) in [6.07, 6.45) is 0.765. The first kappa shape index (κ1) is 16.1. The van der Waals surface area contributed by atoms with Gasteiger partial charge >= 0.3 is 0 Å². The molecule has 0 aliphatic rings. The Bertz CT molecular complexity index is 424. The second-order valence-corrected chi connectivity index (χ2v) is 5.56. The van der Waals surface area contributed by atoms with Crippen LogP contribution in [0.15, 0.2) is 22.7 Å². The summed E-state index contributed by atoms with van der Waals surface area (Å²) in [5.74, 6) is -0.0608. The maximum atomic E-state index is 13.0. The summed E-state index contributed by atoms with van der Waals surface area (Å²) < 4.78 is 18.7. The van der Waals surface area contributed by atoms with E-state index in [9.17, 15) is 9.18 Å². The number of halogens is 2. The van der Waals surface area contributed by atoms with Gasteiger partial charge in [0, 0.05) is 25.3 Å². The molecule has 0 aliphatic heterocycles. The van der Waals surface area contributed by atoms with Crippen LogP contribution in [0.2, 0.25) is 0 Å². The van der Waals surface area contributed by atoms with Crippen molar-refractivity contribution in [3.63, 3.8) is 0 Å². The van der Waals surface area contributed by atoms with Crippen molar-refractivity contribution in [2.75, 3.05) is 19.8 Å². The molecule has 0 saturated heterocycles. The van der Waals surface area contributed by atoms with Crippen molar-refractivity contribution >= 4 is 21.8 Å². The number of amides is 1. The molecule has 0 heterocycles. The first-order valence-corrected chi connectivity index (χ1v) is 7.11. The predicted molar refractivity (Wildman–Crippen MR) is 76.7 cm³/mol. The molecule has 1 amide bonds. The Kier molecular flexibility index (Phi) is 7.02. The van der Waals surface area contributed by atoms with Gasteiger partial charge < -0.3 is 10.1 Å². The molecular formula is C14H19BrFNO2. The van der Waals surface area contributed by atoms with Crippen LogP contribution in [-0.2, 0) is 4.74 Å². The van der Waals surface area contributed by atoms with Crippen LogP contribution in [0.5, 0.6) is 0 Å². The number of carbonyl (C=O) groups excluding carboxylic acids is 1. The van der Waals surface area contributed by atoms with Gasteiger partial charge in [0.2, 0.25) is 0 Å². The van der Waals surface area contributed by atoms with Gasteiger partial charge in [0.1, 0.15) is 5.82 Å². The molecule has 0 radical (unpaired) electrons. The average molecular weight is 332 g/mol. The minimum atomic E-state index is -0.376. The van der Waals surface area contributed by atoms with E-state index in [0.717, 1.165) is 13.0 Å². The third-order valence-electron chi connectivity index (χ3n) is 2.38. The van der Waals surface area contributed by atoms with Crippen molar-refractivity contribution < 1.29 is 13.9 Å². The Morgan fingerprint density at radius 1 is 1.47 bits per heavy atom. The monoisotopic (exact) mass is 331 g/mol. The van der Waals surface area contributed by atoms with Crippen molar-refractivity contribution in [1.29, 1.82) is 0 Å². The Balaban J connectivity index is 2.26. The summed E-state index contributed by atoms with van der Waals surface area (Å²) in [7, 11) is 0. The molecule has 106 valence electrons. The largest absolute Gasteiger partial charge is 0.381 e. The van der Waals surface area contributed by atoms with Gasteiger partial charge in [-0.25, -0.2) is 4.39 Å². The number of ether oxygens (including phenoxy) is 1. The number of rotatable bonds is 7. The molecule has 0 unspecified atom stereocenters. The lowest BCUT2D eigenvalue weighted by Crippen LogP contribution is -2.25. The number of nitrogens with one attached hydrogen (secondary N) is 1. The minimum absolute atomic E-state index is 0.204. The minimum Gasteiger partial charge on any atom is -0.381 e. The standard InChI is InChI=1S/C14H19BrFNO2/c1-10(2)9-19-7-3-6-17-14(18)11-4-5-13(16)12(15)8-11/h4-5,8,10H,3,6-7,9H2,1-2H3,(H,17,18). The third-order valence-corrected chi connectivity index (χ3v) is 2.99. The highest BCUT2D eigenvalue weighted by Gasteiger charge is 2.07. The summed E-state index contributed by atoms with van der Waals surface area (Å²) in [6, 6.07) is 4.20. The van der Waals surface area contributed by atoms with Crippen LogP contribution in [0, 0.1) is 11.7 Å². The number of carbonyl (C=O) groups is 1. The lowest BCUT2D eigenvalue weighted by atomic mass is 10.2. The molecule has 1 aromatic rings. The third kappa shape index (κ3) is 6.16. The summed E-state index contributed by atoms with van der Waals surface area (Å²) >= 11 is 3.06. The van der Waals surface area contributed by atoms with Crippen LogP contribution in [0.4, 0.5) is 4.39 Å². The zero-order valence-corrected chi connectivity index (χ0v) is 12.8. The fraction of sp³-hybridized carbons (Fsp3) is 0.500. The molecule has 0 atom stereocenters. The van der Waals surface area contributed by atoms with Crippen molar-refractivity contribution in [3.05, 3.63) is 34.1 Å². The fourth-order valence-electron chi connectivity index (χ4n) is 1.43. The Morgan fingerprint density at radius 3 is 2.84 bits per heavy atom. The molecule has 0 aliphatic carbocycles. The molecule has 1 rings (SSSR count). The van der Waals surface area contributed by atoms with Crippen LogP contribution in [0.1, 0.15) is 30.6 Å². The van der Waals surface area contributed by atoms with Gasteiger partial charge in [0.15, 0.2) is 0 Å². The van der Waals surface area contributed by atoms with Gasteiger partial charge in [0.25, 0.3) is 5.91 Å². The molecule has 0 spiro atoms. The van der Waals surface area contributed by atoms with E-state index in [4.69, 9.17) is 4.74 Å². The van der Waals surface area contributed by atoms with Gasteiger partial charge in [-0.05, 0) is 46.5 Å². The van der Waals surface area contributed by atoms with Gasteiger partial charge in [-0.2, -0.15) is 0 Å². The van der Waals surface area contributed by atoms with Gasteiger partial charge in [-0.15, -0.1) is 0 Å². The second kappa shape index (κ2) is 8.27. The first-order valence-electron chi connectivity index (χ1n) is 6.31. The van der Waals surface area contributed by atoms with Crippen molar-refractivity contribution in [2.45, 2.75) is 20.3 Å². The molecule has 0 saturated carbocycles. The zero-order chi connectivity index (χ0) is 14.3. The summed E-state index contributed by atoms with van der Waals surface area (Å²) in [5, 5.41) is 2.77. The van der Waals surface area contributed by atoms with Crippen LogP contribution < -0.4 is 5.32 Å². The van der Waals surface area contributed by atoms with E-state index in [1.165, 1.54) is 18.2 Å². The normalized spacial score (nSPS) is 10.8. The highest BCUT2D eigenvalue weighted by Crippen LogP contribution is 2.16. The van der Waals surface area contributed by atoms with Crippen molar-refractivity contribution in [3.8, 4) is 0 Å². The zero-order valence-electron chi connectivity index (χ0n) is 11.2. The van der Waals surface area contributed by atoms with E-state index in [1.54, 1.807) is 0 Å². The molecule has 0 bridgehead atoms. The average Bonchev–Trinajstić information content (AvgIpc) is 2.36. The van der Waals surface area contributed by atoms with Crippen LogP contribution >= 0.6 is 15.9 Å². The van der Waals surface area contributed by atoms with E-state index in [1.807, 2.05) is 0 Å². The van der Waals surface area contributed by atoms with Gasteiger partial charge in [0.05, 0.1) is 4.47 Å². The molecule has 19 heavy (non-hydrogen) atoms. The molecular weight excluding hydrogens is 313 g/mol. The highest BCUT2D eigenvalue weighted by molar-refractivity contribution is 9.10. The molecule has 1 N–H and O–H groups in total. The van der Waals surface area contributed by atoms with E-state index < -0.39 is 0 Å². The number of hydrogen-bond acceptors (Lipinski definition) is 2. The van der Waals surface area contributed by atoms with E-state index in [0.29, 0.717) is 29.1 Å². The first-order chi connectivity index (χ1) is 9.00. The topological polar surface area (TPSA) is 38.3 Å². The Labute approximate surface area is 121 Å². The summed E-state index contributed by atoms with van der Waals surface area (Å²) in [6.45, 7) is 6.10. The molecule has 0 aromatic heterocycles. The van der Waals surface area contributed by atoms with Crippen LogP contribution in [-0.4, -0.2) is 25.7 Å². The smallest absolute Gasteiger partial charge is 0.251 e. The number of benzene rings is 1. The van der Waals surface area contributed by atoms with Crippen molar-refractivity contribution in [2.24, 2.45) is 5.92 Å². The maximum Gasteiger partial charge on any atom is 0.251 e. The van der Waals surface area contributed by atoms with Gasteiger partial charge in [-0.3, -0.25) is 4.79 Å². The van der Waals surface area contributed by atoms with E-state index in [-0.39, 0.29) is 11.7 Å². The summed E-state index contributed by atoms with van der Waals surface area (Å²) in [4.78, 5) is 11.8. The quantitative estimate of drug-likeness (QED) is 0.778. The van der Waals surface area contributed by atoms with Crippen LogP contribution in [0.3, 0.4) is 0 Å². The maximum absolute atomic E-state index is 13.0. The summed E-state index contributed by atoms with van der Waals surface area (Å²) in [5.41, 5.74) is 0.441. The highest BCUT2D eigenvalue weighted by atomic mass is 79.9. The second-order valence-electron chi connectivity index (χ2n) is 4.71. The van der Waals surface area contributed by atoms with Crippen molar-refractivity contribution in [1.82, 2.24) is 5.32 Å². The Morgan fingerprint density at radius 2 is 2.21 bits per heavy atom. The molecule has 3 nitrogen and oxygen atoms in total.